The fraction of sp³-hybridized carbons (Fsp3) is 0.333. The Balaban J connectivity index is 2.08. The molecule has 0 spiro atoms. The smallest absolute Gasteiger partial charge is 0.352 e. The van der Waals surface area contributed by atoms with Crippen molar-refractivity contribution in [2.24, 2.45) is 0 Å². The largest absolute Gasteiger partial charge is 0.416 e. The van der Waals surface area contributed by atoms with Gasteiger partial charge in [-0.2, -0.15) is 13.2 Å². The second kappa shape index (κ2) is 13.2. The number of anilines is 1. The summed E-state index contributed by atoms with van der Waals surface area (Å²) < 4.78 is 68.8. The molecule has 0 saturated heterocycles. The van der Waals surface area contributed by atoms with E-state index in [1.807, 2.05) is 32.9 Å². The molecule has 0 aliphatic heterocycles. The summed E-state index contributed by atoms with van der Waals surface area (Å²) in [6.45, 7) is 6.26. The first-order valence-corrected chi connectivity index (χ1v) is 14.6. The second-order valence-corrected chi connectivity index (χ2v) is 11.7. The normalized spacial score (nSPS) is 13.2. The molecule has 0 aromatic heterocycles. The molecule has 11 heteroatoms. The van der Waals surface area contributed by atoms with Gasteiger partial charge in [0.15, 0.2) is 0 Å². The number of halogens is 3. The minimum absolute atomic E-state index is 0.0115. The minimum atomic E-state index is -4.73. The van der Waals surface area contributed by atoms with Gasteiger partial charge in [0.25, 0.3) is 10.0 Å². The van der Waals surface area contributed by atoms with E-state index in [0.29, 0.717) is 16.8 Å². The molecule has 220 valence electrons. The highest BCUT2D eigenvalue weighted by Crippen LogP contribution is 2.33. The van der Waals surface area contributed by atoms with E-state index in [-0.39, 0.29) is 23.2 Å². The maximum Gasteiger partial charge on any atom is 0.416 e. The Hall–Kier alpha value is -3.86. The van der Waals surface area contributed by atoms with Crippen LogP contribution in [0.15, 0.2) is 83.8 Å². The highest BCUT2D eigenvalue weighted by atomic mass is 32.2. The molecule has 7 nitrogen and oxygen atoms in total. The highest BCUT2D eigenvalue weighted by molar-refractivity contribution is 7.92. The Bertz CT molecular complexity index is 1460. The Labute approximate surface area is 239 Å². The number of sulfonamides is 1. The lowest BCUT2D eigenvalue weighted by molar-refractivity contribution is -0.139. The van der Waals surface area contributed by atoms with E-state index < -0.39 is 46.2 Å². The van der Waals surface area contributed by atoms with Crippen LogP contribution in [0.25, 0.3) is 0 Å². The van der Waals surface area contributed by atoms with Crippen molar-refractivity contribution in [2.45, 2.75) is 63.8 Å². The van der Waals surface area contributed by atoms with Crippen molar-refractivity contribution >= 4 is 27.5 Å². The summed E-state index contributed by atoms with van der Waals surface area (Å²) in [4.78, 5) is 28.1. The predicted octanol–water partition coefficient (Wildman–Crippen LogP) is 5.54. The second-order valence-electron chi connectivity index (χ2n) is 9.81. The van der Waals surface area contributed by atoms with E-state index in [4.69, 9.17) is 0 Å². The molecule has 0 heterocycles. The van der Waals surface area contributed by atoms with Crippen molar-refractivity contribution in [3.05, 3.63) is 95.6 Å². The van der Waals surface area contributed by atoms with E-state index in [1.165, 1.54) is 42.2 Å². The van der Waals surface area contributed by atoms with E-state index in [9.17, 15) is 31.2 Å². The lowest BCUT2D eigenvalue weighted by atomic mass is 10.1. The van der Waals surface area contributed by atoms with Crippen molar-refractivity contribution in [3.8, 4) is 0 Å². The standard InChI is InChI=1S/C30H34F3N3O4S/c1-5-22(3)34-29(38)23(4)35(19-24-13-10-9-12-21(24)2)28(37)20-36(41(39,40)27-16-7-6-8-17-27)26-15-11-14-25(18-26)30(31,32)33/h6-18,22-23H,5,19-20H2,1-4H3,(H,34,38). The van der Waals surface area contributed by atoms with Gasteiger partial charge in [-0.15, -0.1) is 0 Å². The highest BCUT2D eigenvalue weighted by Gasteiger charge is 2.35. The lowest BCUT2D eigenvalue weighted by Gasteiger charge is -2.33. The van der Waals surface area contributed by atoms with Crippen LogP contribution in [0.1, 0.15) is 43.9 Å². The zero-order valence-corrected chi connectivity index (χ0v) is 24.2. The quantitative estimate of drug-likeness (QED) is 0.318. The van der Waals surface area contributed by atoms with Gasteiger partial charge in [-0.25, -0.2) is 8.42 Å². The molecule has 3 aromatic rings. The van der Waals surface area contributed by atoms with Crippen LogP contribution < -0.4 is 9.62 Å². The summed E-state index contributed by atoms with van der Waals surface area (Å²) in [5.74, 6) is -1.19. The number of alkyl halides is 3. The number of hydrogen-bond donors (Lipinski definition) is 1. The van der Waals surface area contributed by atoms with E-state index in [0.717, 1.165) is 23.3 Å². The summed E-state index contributed by atoms with van der Waals surface area (Å²) in [6, 6.07) is 17.0. The van der Waals surface area contributed by atoms with Gasteiger partial charge in [-0.05, 0) is 68.7 Å². The predicted molar refractivity (Wildman–Crippen MR) is 152 cm³/mol. The number of benzene rings is 3. The number of rotatable bonds is 11. The third-order valence-corrected chi connectivity index (χ3v) is 8.63. The molecular formula is C30H34F3N3O4S. The topological polar surface area (TPSA) is 86.8 Å². The Kier molecular flexibility index (Phi) is 10.2. The average molecular weight is 590 g/mol. The monoisotopic (exact) mass is 589 g/mol. The number of aryl methyl sites for hydroxylation is 1. The maximum absolute atomic E-state index is 13.9. The fourth-order valence-electron chi connectivity index (χ4n) is 4.10. The molecule has 2 atom stereocenters. The number of hydrogen-bond acceptors (Lipinski definition) is 4. The van der Waals surface area contributed by atoms with E-state index in [2.05, 4.69) is 5.32 Å². The molecule has 0 bridgehead atoms. The average Bonchev–Trinajstić information content (AvgIpc) is 2.94. The van der Waals surface area contributed by atoms with Gasteiger partial charge in [-0.1, -0.05) is 55.5 Å². The van der Waals surface area contributed by atoms with Crippen molar-refractivity contribution in [1.29, 1.82) is 0 Å². The zero-order valence-electron chi connectivity index (χ0n) is 23.4. The first kappa shape index (κ1) is 31.7. The van der Waals surface area contributed by atoms with Crippen LogP contribution in [0, 0.1) is 6.92 Å². The van der Waals surface area contributed by atoms with Gasteiger partial charge in [-0.3, -0.25) is 13.9 Å². The number of carbonyl (C=O) groups excluding carboxylic acids is 2. The molecule has 3 rings (SSSR count). The summed E-state index contributed by atoms with van der Waals surface area (Å²) in [5.41, 5.74) is 0.199. The molecule has 0 aliphatic carbocycles. The minimum Gasteiger partial charge on any atom is -0.352 e. The lowest BCUT2D eigenvalue weighted by Crippen LogP contribution is -2.52. The van der Waals surface area contributed by atoms with Gasteiger partial charge in [0.1, 0.15) is 12.6 Å². The third kappa shape index (κ3) is 7.87. The molecule has 2 unspecified atom stereocenters. The fourth-order valence-corrected chi connectivity index (χ4v) is 5.53. The molecule has 0 aliphatic rings. The number of nitrogens with zero attached hydrogens (tertiary/aromatic N) is 2. The molecule has 2 amide bonds. The number of carbonyl (C=O) groups is 2. The van der Waals surface area contributed by atoms with Crippen LogP contribution in [-0.2, 0) is 32.3 Å². The summed E-state index contributed by atoms with van der Waals surface area (Å²) >= 11 is 0. The van der Waals surface area contributed by atoms with Crippen molar-refractivity contribution in [1.82, 2.24) is 10.2 Å². The van der Waals surface area contributed by atoms with Gasteiger partial charge in [0.05, 0.1) is 16.1 Å². The summed E-state index contributed by atoms with van der Waals surface area (Å²) in [5, 5.41) is 2.84. The molecule has 0 saturated carbocycles. The van der Waals surface area contributed by atoms with E-state index in [1.54, 1.807) is 18.2 Å². The zero-order chi connectivity index (χ0) is 30.4. The number of amides is 2. The van der Waals surface area contributed by atoms with Gasteiger partial charge < -0.3 is 10.2 Å². The SMILES string of the molecule is CCC(C)NC(=O)C(C)N(Cc1ccccc1C)C(=O)CN(c1cccc(C(F)(F)F)c1)S(=O)(=O)c1ccccc1. The van der Waals surface area contributed by atoms with Crippen molar-refractivity contribution in [3.63, 3.8) is 0 Å². The molecule has 3 aromatic carbocycles. The van der Waals surface area contributed by atoms with E-state index >= 15 is 0 Å². The third-order valence-electron chi connectivity index (χ3n) is 6.84. The Morgan fingerprint density at radius 2 is 1.56 bits per heavy atom. The van der Waals surface area contributed by atoms with Gasteiger partial charge >= 0.3 is 6.18 Å². The molecule has 0 fully saturated rings. The Morgan fingerprint density at radius 3 is 2.17 bits per heavy atom. The Morgan fingerprint density at radius 1 is 0.927 bits per heavy atom. The van der Waals surface area contributed by atoms with Crippen molar-refractivity contribution < 1.29 is 31.2 Å². The van der Waals surface area contributed by atoms with Crippen LogP contribution in [-0.4, -0.2) is 43.8 Å². The first-order valence-electron chi connectivity index (χ1n) is 13.1. The van der Waals surface area contributed by atoms with Crippen LogP contribution in [0.5, 0.6) is 0 Å². The number of nitrogens with one attached hydrogen (secondary N) is 1. The summed E-state index contributed by atoms with van der Waals surface area (Å²) in [6.07, 6.45) is -4.08. The molecule has 41 heavy (non-hydrogen) atoms. The van der Waals surface area contributed by atoms with Crippen LogP contribution in [0.2, 0.25) is 0 Å². The van der Waals surface area contributed by atoms with Crippen LogP contribution in [0.4, 0.5) is 18.9 Å². The maximum atomic E-state index is 13.9. The molecule has 0 radical (unpaired) electrons. The van der Waals surface area contributed by atoms with Gasteiger partial charge in [0, 0.05) is 12.6 Å². The van der Waals surface area contributed by atoms with Gasteiger partial charge in [0.2, 0.25) is 11.8 Å². The molecule has 1 N–H and O–H groups in total. The van der Waals surface area contributed by atoms with Crippen LogP contribution in [0.3, 0.4) is 0 Å². The first-order chi connectivity index (χ1) is 19.3. The molecular weight excluding hydrogens is 555 g/mol. The van der Waals surface area contributed by atoms with Crippen LogP contribution >= 0.6 is 0 Å². The van der Waals surface area contributed by atoms with Crippen molar-refractivity contribution in [2.75, 3.05) is 10.8 Å². The summed E-state index contributed by atoms with van der Waals surface area (Å²) in [7, 11) is -4.48.